The first kappa shape index (κ1) is 18.8. The van der Waals surface area contributed by atoms with Crippen LogP contribution in [0.2, 0.25) is 5.02 Å². The second-order valence-corrected chi connectivity index (χ2v) is 6.60. The lowest BCUT2D eigenvalue weighted by molar-refractivity contribution is -0.161. The number of carbonyl (C=O) groups excluding carboxylic acids is 1. The lowest BCUT2D eigenvalue weighted by atomic mass is 10.1. The van der Waals surface area contributed by atoms with Gasteiger partial charge in [0.1, 0.15) is 11.6 Å². The fourth-order valence-electron chi connectivity index (χ4n) is 2.17. The maximum atomic E-state index is 13.0. The highest BCUT2D eigenvalue weighted by Gasteiger charge is 2.32. The molecule has 0 saturated carbocycles. The number of ether oxygens (including phenoxy) is 2. The van der Waals surface area contributed by atoms with E-state index in [9.17, 15) is 9.18 Å². The molecule has 140 valence electrons. The molecule has 0 fully saturated rings. The Hall–Kier alpha value is -2.93. The standard InChI is InChI=1S/C19H16ClFN2O4/c1-19(2,26-15-9-5-13(20)6-10-15)18(24)25-11-16-22-17(23-27-16)12-3-7-14(21)8-4-12/h3-10H,11H2,1-2H3. The number of hydrogen-bond acceptors (Lipinski definition) is 6. The number of aromatic nitrogens is 2. The van der Waals surface area contributed by atoms with Gasteiger partial charge in [0.2, 0.25) is 5.82 Å². The predicted molar refractivity (Wildman–Crippen MR) is 95.6 cm³/mol. The third-order valence-electron chi connectivity index (χ3n) is 3.58. The van der Waals surface area contributed by atoms with Crippen molar-refractivity contribution in [2.75, 3.05) is 0 Å². The molecule has 2 aromatic carbocycles. The zero-order chi connectivity index (χ0) is 19.4. The first-order valence-corrected chi connectivity index (χ1v) is 8.41. The van der Waals surface area contributed by atoms with Gasteiger partial charge in [0.25, 0.3) is 5.89 Å². The first-order chi connectivity index (χ1) is 12.8. The molecule has 0 amide bonds. The van der Waals surface area contributed by atoms with Gasteiger partial charge in [0, 0.05) is 10.6 Å². The molecule has 6 nitrogen and oxygen atoms in total. The van der Waals surface area contributed by atoms with Crippen LogP contribution in [0.15, 0.2) is 53.1 Å². The molecule has 0 spiro atoms. The van der Waals surface area contributed by atoms with E-state index in [0.29, 0.717) is 16.3 Å². The van der Waals surface area contributed by atoms with Crippen molar-refractivity contribution < 1.29 is 23.2 Å². The topological polar surface area (TPSA) is 74.5 Å². The summed E-state index contributed by atoms with van der Waals surface area (Å²) in [5.74, 6) is -0.0845. The van der Waals surface area contributed by atoms with Gasteiger partial charge < -0.3 is 14.0 Å². The van der Waals surface area contributed by atoms with Crippen molar-refractivity contribution in [3.8, 4) is 17.1 Å². The van der Waals surface area contributed by atoms with Crippen molar-refractivity contribution >= 4 is 17.6 Å². The number of rotatable bonds is 6. The van der Waals surface area contributed by atoms with Crippen LogP contribution < -0.4 is 4.74 Å². The minimum atomic E-state index is -1.23. The average Bonchev–Trinajstić information content (AvgIpc) is 3.11. The summed E-state index contributed by atoms with van der Waals surface area (Å²) in [6, 6.07) is 12.3. The molecule has 0 unspecified atom stereocenters. The molecule has 0 atom stereocenters. The van der Waals surface area contributed by atoms with E-state index < -0.39 is 11.6 Å². The van der Waals surface area contributed by atoms with Gasteiger partial charge in [-0.1, -0.05) is 16.8 Å². The van der Waals surface area contributed by atoms with Crippen molar-refractivity contribution in [2.24, 2.45) is 0 Å². The summed E-state index contributed by atoms with van der Waals surface area (Å²) in [7, 11) is 0. The summed E-state index contributed by atoms with van der Waals surface area (Å²) < 4.78 is 28.9. The van der Waals surface area contributed by atoms with Crippen molar-refractivity contribution in [2.45, 2.75) is 26.1 Å². The van der Waals surface area contributed by atoms with Gasteiger partial charge in [0.15, 0.2) is 12.2 Å². The summed E-state index contributed by atoms with van der Waals surface area (Å²) in [4.78, 5) is 16.4. The lowest BCUT2D eigenvalue weighted by Gasteiger charge is -2.23. The Kier molecular flexibility index (Phi) is 5.41. The van der Waals surface area contributed by atoms with Crippen molar-refractivity contribution in [3.63, 3.8) is 0 Å². The normalized spacial score (nSPS) is 11.3. The molecule has 1 aromatic heterocycles. The van der Waals surface area contributed by atoms with Crippen LogP contribution in [0.25, 0.3) is 11.4 Å². The number of carbonyl (C=O) groups is 1. The highest BCUT2D eigenvalue weighted by molar-refractivity contribution is 6.30. The minimum Gasteiger partial charge on any atom is -0.476 e. The Morgan fingerprint density at radius 2 is 1.81 bits per heavy atom. The van der Waals surface area contributed by atoms with Crippen LogP contribution in [0.4, 0.5) is 4.39 Å². The number of halogens is 2. The Labute approximate surface area is 159 Å². The van der Waals surface area contributed by atoms with Gasteiger partial charge >= 0.3 is 5.97 Å². The summed E-state index contributed by atoms with van der Waals surface area (Å²) >= 11 is 5.83. The van der Waals surface area contributed by atoms with Gasteiger partial charge in [-0.3, -0.25) is 0 Å². The number of esters is 1. The second-order valence-electron chi connectivity index (χ2n) is 6.16. The molecule has 8 heteroatoms. The predicted octanol–water partition coefficient (Wildman–Crippen LogP) is 4.43. The van der Waals surface area contributed by atoms with E-state index in [1.807, 2.05) is 0 Å². The van der Waals surface area contributed by atoms with Crippen LogP contribution in [0.1, 0.15) is 19.7 Å². The zero-order valence-corrected chi connectivity index (χ0v) is 15.4. The molecule has 0 aliphatic carbocycles. The SMILES string of the molecule is CC(C)(Oc1ccc(Cl)cc1)C(=O)OCc1nc(-c2ccc(F)cc2)no1. The van der Waals surface area contributed by atoms with Gasteiger partial charge in [-0.2, -0.15) is 4.98 Å². The number of benzene rings is 2. The van der Waals surface area contributed by atoms with Gasteiger partial charge in [-0.25, -0.2) is 9.18 Å². The molecule has 0 radical (unpaired) electrons. The van der Waals surface area contributed by atoms with E-state index in [-0.39, 0.29) is 24.1 Å². The molecule has 3 rings (SSSR count). The molecule has 27 heavy (non-hydrogen) atoms. The van der Waals surface area contributed by atoms with Crippen molar-refractivity contribution in [1.82, 2.24) is 10.1 Å². The van der Waals surface area contributed by atoms with Gasteiger partial charge in [0.05, 0.1) is 0 Å². The third kappa shape index (κ3) is 4.83. The monoisotopic (exact) mass is 390 g/mol. The minimum absolute atomic E-state index is 0.116. The quantitative estimate of drug-likeness (QED) is 0.579. The van der Waals surface area contributed by atoms with Crippen LogP contribution in [0.3, 0.4) is 0 Å². The summed E-state index contributed by atoms with van der Waals surface area (Å²) in [6.07, 6.45) is 0. The molecular formula is C19H16ClFN2O4. The van der Waals surface area contributed by atoms with Gasteiger partial charge in [-0.15, -0.1) is 0 Å². The van der Waals surface area contributed by atoms with Crippen LogP contribution >= 0.6 is 11.6 Å². The second kappa shape index (κ2) is 7.75. The Balaban J connectivity index is 1.59. The third-order valence-corrected chi connectivity index (χ3v) is 3.83. The van der Waals surface area contributed by atoms with E-state index in [2.05, 4.69) is 10.1 Å². The average molecular weight is 391 g/mol. The van der Waals surface area contributed by atoms with E-state index >= 15 is 0 Å². The van der Waals surface area contributed by atoms with Crippen molar-refractivity contribution in [3.05, 3.63) is 65.3 Å². The van der Waals surface area contributed by atoms with Crippen LogP contribution in [-0.4, -0.2) is 21.7 Å². The molecular weight excluding hydrogens is 375 g/mol. The molecule has 0 aliphatic heterocycles. The lowest BCUT2D eigenvalue weighted by Crippen LogP contribution is -2.39. The maximum Gasteiger partial charge on any atom is 0.350 e. The molecule has 0 aliphatic rings. The number of nitrogens with zero attached hydrogens (tertiary/aromatic N) is 2. The molecule has 1 heterocycles. The van der Waals surface area contributed by atoms with E-state index in [0.717, 1.165) is 0 Å². The molecule has 0 N–H and O–H groups in total. The Bertz CT molecular complexity index is 924. The van der Waals surface area contributed by atoms with Crippen molar-refractivity contribution in [1.29, 1.82) is 0 Å². The largest absolute Gasteiger partial charge is 0.476 e. The molecule has 0 saturated heterocycles. The van der Waals surface area contributed by atoms with Crippen LogP contribution in [-0.2, 0) is 16.1 Å². The van der Waals surface area contributed by atoms with E-state index in [4.69, 9.17) is 25.6 Å². The van der Waals surface area contributed by atoms with E-state index in [1.165, 1.54) is 24.3 Å². The van der Waals surface area contributed by atoms with E-state index in [1.54, 1.807) is 38.1 Å². The highest BCUT2D eigenvalue weighted by atomic mass is 35.5. The summed E-state index contributed by atoms with van der Waals surface area (Å²) in [5.41, 5.74) is -0.641. The van der Waals surface area contributed by atoms with Crippen LogP contribution in [0, 0.1) is 5.82 Å². The fraction of sp³-hybridized carbons (Fsp3) is 0.211. The first-order valence-electron chi connectivity index (χ1n) is 8.04. The maximum absolute atomic E-state index is 13.0. The van der Waals surface area contributed by atoms with Crippen LogP contribution in [0.5, 0.6) is 5.75 Å². The molecule has 0 bridgehead atoms. The highest BCUT2D eigenvalue weighted by Crippen LogP contribution is 2.22. The summed E-state index contributed by atoms with van der Waals surface area (Å²) in [5, 5.41) is 4.35. The molecule has 3 aromatic rings. The zero-order valence-electron chi connectivity index (χ0n) is 14.6. The summed E-state index contributed by atoms with van der Waals surface area (Å²) in [6.45, 7) is 2.96. The Morgan fingerprint density at radius 1 is 1.15 bits per heavy atom. The Morgan fingerprint density at radius 3 is 2.48 bits per heavy atom. The number of hydrogen-bond donors (Lipinski definition) is 0. The fourth-order valence-corrected chi connectivity index (χ4v) is 2.30. The smallest absolute Gasteiger partial charge is 0.350 e. The van der Waals surface area contributed by atoms with Gasteiger partial charge in [-0.05, 0) is 62.4 Å².